The topological polar surface area (TPSA) is 77.1 Å². The van der Waals surface area contributed by atoms with Crippen molar-refractivity contribution in [3.63, 3.8) is 0 Å². The van der Waals surface area contributed by atoms with Gasteiger partial charge in [-0.1, -0.05) is 18.2 Å². The highest BCUT2D eigenvalue weighted by Gasteiger charge is 2.31. The number of hydrogen-bond acceptors (Lipinski definition) is 5. The van der Waals surface area contributed by atoms with Crippen LogP contribution in [0.25, 0.3) is 11.1 Å². The summed E-state index contributed by atoms with van der Waals surface area (Å²) in [7, 11) is 0. The molecule has 1 heterocycles. The van der Waals surface area contributed by atoms with Gasteiger partial charge in [-0.2, -0.15) is 0 Å². The second-order valence-electron chi connectivity index (χ2n) is 8.35. The van der Waals surface area contributed by atoms with Crippen LogP contribution in [0.1, 0.15) is 31.1 Å². The van der Waals surface area contributed by atoms with Gasteiger partial charge in [-0.15, -0.1) is 13.2 Å². The predicted octanol–water partition coefficient (Wildman–Crippen LogP) is 4.61. The Labute approximate surface area is 189 Å². The Kier molecular flexibility index (Phi) is 7.04. The Hall–Kier alpha value is -3.43. The highest BCUT2D eigenvalue weighted by molar-refractivity contribution is 5.98. The van der Waals surface area contributed by atoms with Gasteiger partial charge in [0.1, 0.15) is 23.7 Å². The minimum atomic E-state index is -4.77. The van der Waals surface area contributed by atoms with Crippen LogP contribution in [0.3, 0.4) is 0 Å². The van der Waals surface area contributed by atoms with E-state index in [1.54, 1.807) is 43.9 Å². The average Bonchev–Trinajstić information content (AvgIpc) is 2.85. The van der Waals surface area contributed by atoms with Crippen LogP contribution in [0.2, 0.25) is 0 Å². The number of benzene rings is 2. The van der Waals surface area contributed by atoms with Gasteiger partial charge >= 0.3 is 12.5 Å². The molecule has 0 radical (unpaired) electrons. The maximum absolute atomic E-state index is 13.1. The van der Waals surface area contributed by atoms with Crippen molar-refractivity contribution in [1.82, 2.24) is 10.2 Å². The zero-order chi connectivity index (χ0) is 24.2. The standard InChI is InChI=1S/C23H25F3N2O5/c1-22(2,3)33-21(30)27-10-11-28-12-13-31-19-9-6-16(14-18(19)20(28)29)15-4-7-17(8-5-15)32-23(24,25)26/h4-9,14H,10-13H2,1-3H3,(H,27,30). The summed E-state index contributed by atoms with van der Waals surface area (Å²) in [6.45, 7) is 6.36. The molecule has 0 unspecified atom stereocenters. The Bertz CT molecular complexity index is 1000. The van der Waals surface area contributed by atoms with E-state index >= 15 is 0 Å². The van der Waals surface area contributed by atoms with Gasteiger partial charge in [-0.3, -0.25) is 4.79 Å². The van der Waals surface area contributed by atoms with E-state index in [1.807, 2.05) is 0 Å². The van der Waals surface area contributed by atoms with E-state index in [1.165, 1.54) is 24.3 Å². The van der Waals surface area contributed by atoms with Crippen molar-refractivity contribution in [2.45, 2.75) is 32.7 Å². The molecule has 0 bridgehead atoms. The van der Waals surface area contributed by atoms with Gasteiger partial charge in [-0.25, -0.2) is 4.79 Å². The molecule has 0 atom stereocenters. The van der Waals surface area contributed by atoms with Crippen LogP contribution in [0.5, 0.6) is 11.5 Å². The minimum absolute atomic E-state index is 0.205. The van der Waals surface area contributed by atoms with Crippen LogP contribution >= 0.6 is 0 Å². The summed E-state index contributed by atoms with van der Waals surface area (Å²) >= 11 is 0. The van der Waals surface area contributed by atoms with E-state index in [-0.39, 0.29) is 31.4 Å². The Morgan fingerprint density at radius 1 is 1.09 bits per heavy atom. The lowest BCUT2D eigenvalue weighted by Crippen LogP contribution is -2.41. The molecule has 0 saturated carbocycles. The molecule has 0 fully saturated rings. The van der Waals surface area contributed by atoms with Crippen molar-refractivity contribution in [2.24, 2.45) is 0 Å². The fourth-order valence-electron chi connectivity index (χ4n) is 3.21. The second-order valence-corrected chi connectivity index (χ2v) is 8.35. The summed E-state index contributed by atoms with van der Waals surface area (Å²) in [5, 5.41) is 2.62. The summed E-state index contributed by atoms with van der Waals surface area (Å²) in [4.78, 5) is 26.5. The molecule has 7 nitrogen and oxygen atoms in total. The third-order valence-electron chi connectivity index (χ3n) is 4.59. The molecule has 1 aliphatic rings. The fourth-order valence-corrected chi connectivity index (χ4v) is 3.21. The smallest absolute Gasteiger partial charge is 0.491 e. The average molecular weight is 466 g/mol. The Balaban J connectivity index is 1.70. The number of carbonyl (C=O) groups excluding carboxylic acids is 2. The summed E-state index contributed by atoms with van der Waals surface area (Å²) in [5.74, 6) is -0.181. The lowest BCUT2D eigenvalue weighted by atomic mass is 10.0. The summed E-state index contributed by atoms with van der Waals surface area (Å²) < 4.78 is 51.9. The highest BCUT2D eigenvalue weighted by atomic mass is 19.4. The van der Waals surface area contributed by atoms with Crippen molar-refractivity contribution >= 4 is 12.0 Å². The maximum Gasteiger partial charge on any atom is 0.573 e. The van der Waals surface area contributed by atoms with Crippen LogP contribution in [0.15, 0.2) is 42.5 Å². The monoisotopic (exact) mass is 466 g/mol. The molecule has 1 N–H and O–H groups in total. The first-order valence-electron chi connectivity index (χ1n) is 10.3. The van der Waals surface area contributed by atoms with Crippen LogP contribution in [0, 0.1) is 0 Å². The molecule has 0 spiro atoms. The molecule has 0 saturated heterocycles. The molecular formula is C23H25F3N2O5. The van der Waals surface area contributed by atoms with E-state index in [0.717, 1.165) is 0 Å². The number of amides is 2. The first-order chi connectivity index (χ1) is 15.4. The molecule has 2 aromatic carbocycles. The van der Waals surface area contributed by atoms with Gasteiger partial charge in [0.25, 0.3) is 5.91 Å². The number of ether oxygens (including phenoxy) is 3. The number of carbonyl (C=O) groups is 2. The van der Waals surface area contributed by atoms with Gasteiger partial charge in [0.05, 0.1) is 12.1 Å². The van der Waals surface area contributed by atoms with Gasteiger partial charge < -0.3 is 24.4 Å². The van der Waals surface area contributed by atoms with E-state index in [9.17, 15) is 22.8 Å². The number of fused-ring (bicyclic) bond motifs is 1. The lowest BCUT2D eigenvalue weighted by Gasteiger charge is -2.22. The van der Waals surface area contributed by atoms with E-state index in [4.69, 9.17) is 9.47 Å². The molecule has 1 aliphatic heterocycles. The van der Waals surface area contributed by atoms with E-state index in [2.05, 4.69) is 10.1 Å². The van der Waals surface area contributed by atoms with Gasteiger partial charge in [0.15, 0.2) is 0 Å². The highest BCUT2D eigenvalue weighted by Crippen LogP contribution is 2.31. The van der Waals surface area contributed by atoms with E-state index < -0.39 is 18.1 Å². The van der Waals surface area contributed by atoms with Crippen molar-refractivity contribution in [3.05, 3.63) is 48.0 Å². The third kappa shape index (κ3) is 7.03. The zero-order valence-corrected chi connectivity index (χ0v) is 18.5. The number of alkyl halides is 3. The number of alkyl carbamates (subject to hydrolysis) is 1. The van der Waals surface area contributed by atoms with E-state index in [0.29, 0.717) is 29.0 Å². The minimum Gasteiger partial charge on any atom is -0.491 e. The van der Waals surface area contributed by atoms with Gasteiger partial charge in [0, 0.05) is 13.1 Å². The van der Waals surface area contributed by atoms with Crippen LogP contribution in [0.4, 0.5) is 18.0 Å². The fraction of sp³-hybridized carbons (Fsp3) is 0.391. The molecule has 2 aromatic rings. The Morgan fingerprint density at radius 2 is 1.76 bits per heavy atom. The van der Waals surface area contributed by atoms with Crippen LogP contribution in [-0.2, 0) is 4.74 Å². The number of hydrogen-bond donors (Lipinski definition) is 1. The number of nitrogens with zero attached hydrogens (tertiary/aromatic N) is 1. The quantitative estimate of drug-likeness (QED) is 0.697. The largest absolute Gasteiger partial charge is 0.573 e. The van der Waals surface area contributed by atoms with Gasteiger partial charge in [0.2, 0.25) is 0 Å². The maximum atomic E-state index is 13.1. The SMILES string of the molecule is CC(C)(C)OC(=O)NCCN1CCOc2ccc(-c3ccc(OC(F)(F)F)cc3)cc2C1=O. The number of rotatable bonds is 5. The number of halogens is 3. The molecule has 10 heteroatoms. The predicted molar refractivity (Wildman–Crippen MR) is 114 cm³/mol. The molecular weight excluding hydrogens is 441 g/mol. The van der Waals surface area contributed by atoms with Crippen molar-refractivity contribution in [1.29, 1.82) is 0 Å². The lowest BCUT2D eigenvalue weighted by molar-refractivity contribution is -0.274. The molecule has 3 rings (SSSR count). The van der Waals surface area contributed by atoms with Crippen molar-refractivity contribution < 1.29 is 37.0 Å². The van der Waals surface area contributed by atoms with Gasteiger partial charge in [-0.05, 0) is 56.2 Å². The molecule has 0 aromatic heterocycles. The Morgan fingerprint density at radius 3 is 2.39 bits per heavy atom. The van der Waals surface area contributed by atoms with Crippen molar-refractivity contribution in [3.8, 4) is 22.6 Å². The second kappa shape index (κ2) is 9.60. The van der Waals surface area contributed by atoms with Crippen LogP contribution in [-0.4, -0.2) is 55.1 Å². The molecule has 0 aliphatic carbocycles. The molecule has 33 heavy (non-hydrogen) atoms. The molecule has 178 valence electrons. The number of nitrogens with one attached hydrogen (secondary N) is 1. The third-order valence-corrected chi connectivity index (χ3v) is 4.59. The van der Waals surface area contributed by atoms with Crippen LogP contribution < -0.4 is 14.8 Å². The normalized spacial score (nSPS) is 14.1. The summed E-state index contributed by atoms with van der Waals surface area (Å²) in [5.41, 5.74) is 0.960. The summed E-state index contributed by atoms with van der Waals surface area (Å²) in [6.07, 6.45) is -5.33. The first-order valence-corrected chi connectivity index (χ1v) is 10.3. The first kappa shape index (κ1) is 24.2. The summed E-state index contributed by atoms with van der Waals surface area (Å²) in [6, 6.07) is 10.4. The van der Waals surface area contributed by atoms with Crippen molar-refractivity contribution in [2.75, 3.05) is 26.2 Å². The molecule has 2 amide bonds. The zero-order valence-electron chi connectivity index (χ0n) is 18.5.